The highest BCUT2D eigenvalue weighted by atomic mass is 32.3. The molecule has 3 heterocycles. The number of ether oxygens (including phenoxy) is 1. The van der Waals surface area contributed by atoms with Crippen LogP contribution < -0.4 is 4.31 Å². The van der Waals surface area contributed by atoms with Gasteiger partial charge in [0, 0.05) is 0 Å². The van der Waals surface area contributed by atoms with E-state index >= 15 is 0 Å². The van der Waals surface area contributed by atoms with E-state index in [0.29, 0.717) is 10.4 Å². The van der Waals surface area contributed by atoms with E-state index in [1.807, 2.05) is 0 Å². The summed E-state index contributed by atoms with van der Waals surface area (Å²) < 4.78 is 68.0. The van der Waals surface area contributed by atoms with Gasteiger partial charge in [-0.05, 0) is 32.0 Å². The molecular weight excluding hydrogens is 385 g/mol. The van der Waals surface area contributed by atoms with Crippen LogP contribution in [0.2, 0.25) is 0 Å². The Bertz CT molecular complexity index is 941. The summed E-state index contributed by atoms with van der Waals surface area (Å²) in [7, 11) is -3.82. The standard InChI is InChI=1S/C17H15F3N2O4S/c1-15-5-6-16(2,26-15)13-12(15)14(23)22(27(13,24)25)10-4-3-9(8-21)11(7-10)17(18,19)20/h3-7,12-13,24-25H,1-2H3/t12-,13-,15+,16-/m0/s1. The van der Waals surface area contributed by atoms with Crippen LogP contribution in [0.25, 0.3) is 0 Å². The van der Waals surface area contributed by atoms with E-state index in [-0.39, 0.29) is 5.69 Å². The number of hydrogen-bond acceptors (Lipinski definition) is 5. The van der Waals surface area contributed by atoms with Gasteiger partial charge in [0.1, 0.15) is 10.9 Å². The first-order chi connectivity index (χ1) is 12.3. The van der Waals surface area contributed by atoms with Crippen LogP contribution in [-0.2, 0) is 15.7 Å². The number of alkyl halides is 3. The van der Waals surface area contributed by atoms with Gasteiger partial charge in [0.05, 0.1) is 34.4 Å². The van der Waals surface area contributed by atoms with Crippen LogP contribution in [0, 0.1) is 17.2 Å². The number of carbonyl (C=O) groups excluding carboxylic acids is 1. The average Bonchev–Trinajstić information content (AvgIpc) is 3.08. The zero-order chi connectivity index (χ0) is 20.0. The molecule has 6 nitrogen and oxygen atoms in total. The minimum absolute atomic E-state index is 0.313. The molecule has 0 saturated carbocycles. The molecule has 2 N–H and O–H groups in total. The number of amides is 1. The van der Waals surface area contributed by atoms with Crippen molar-refractivity contribution in [2.75, 3.05) is 4.31 Å². The molecule has 27 heavy (non-hydrogen) atoms. The fourth-order valence-corrected chi connectivity index (χ4v) is 6.88. The normalized spacial score (nSPS) is 37.4. The van der Waals surface area contributed by atoms with Crippen LogP contribution in [-0.4, -0.2) is 31.5 Å². The molecule has 4 rings (SSSR count). The first kappa shape index (κ1) is 18.3. The van der Waals surface area contributed by atoms with E-state index in [4.69, 9.17) is 10.00 Å². The number of halogens is 3. The Kier molecular flexibility index (Phi) is 3.43. The smallest absolute Gasteiger partial charge is 0.358 e. The summed E-state index contributed by atoms with van der Waals surface area (Å²) >= 11 is 0. The first-order valence-corrected chi connectivity index (χ1v) is 9.55. The van der Waals surface area contributed by atoms with Crippen LogP contribution in [0.3, 0.4) is 0 Å². The maximum Gasteiger partial charge on any atom is 0.417 e. The van der Waals surface area contributed by atoms with Crippen molar-refractivity contribution in [1.82, 2.24) is 0 Å². The number of carbonyl (C=O) groups is 1. The lowest BCUT2D eigenvalue weighted by atomic mass is 9.79. The fraction of sp³-hybridized carbons (Fsp3) is 0.412. The summed E-state index contributed by atoms with van der Waals surface area (Å²) in [5.74, 6) is -1.64. The Labute approximate surface area is 154 Å². The Morgan fingerprint density at radius 2 is 1.89 bits per heavy atom. The van der Waals surface area contributed by atoms with Crippen molar-refractivity contribution in [3.05, 3.63) is 41.5 Å². The van der Waals surface area contributed by atoms with Crippen molar-refractivity contribution in [1.29, 1.82) is 5.26 Å². The second kappa shape index (κ2) is 5.05. The third-order valence-corrected chi connectivity index (χ3v) is 7.76. The largest absolute Gasteiger partial charge is 0.417 e. The number of nitriles is 1. The predicted octanol–water partition coefficient (Wildman–Crippen LogP) is 3.69. The molecule has 1 aromatic carbocycles. The number of anilines is 1. The molecule has 4 atom stereocenters. The third kappa shape index (κ3) is 2.23. The lowest BCUT2D eigenvalue weighted by Gasteiger charge is -2.44. The molecular formula is C17H15F3N2O4S. The van der Waals surface area contributed by atoms with Crippen molar-refractivity contribution in [2.24, 2.45) is 5.92 Å². The lowest BCUT2D eigenvalue weighted by Crippen LogP contribution is -2.40. The van der Waals surface area contributed by atoms with Gasteiger partial charge in [0.25, 0.3) is 5.91 Å². The number of benzene rings is 1. The van der Waals surface area contributed by atoms with E-state index in [9.17, 15) is 27.1 Å². The van der Waals surface area contributed by atoms with Crippen molar-refractivity contribution >= 4 is 22.4 Å². The monoisotopic (exact) mass is 400 g/mol. The molecule has 0 spiro atoms. The van der Waals surface area contributed by atoms with Crippen LogP contribution >= 0.6 is 10.8 Å². The molecule has 1 aromatic rings. The van der Waals surface area contributed by atoms with Gasteiger partial charge in [-0.25, -0.2) is 4.31 Å². The van der Waals surface area contributed by atoms with Gasteiger partial charge in [0.15, 0.2) is 0 Å². The molecule has 3 aliphatic rings. The number of hydrogen-bond donors (Lipinski definition) is 2. The summed E-state index contributed by atoms with van der Waals surface area (Å²) in [6.07, 6.45) is -1.51. The molecule has 0 radical (unpaired) electrons. The lowest BCUT2D eigenvalue weighted by molar-refractivity contribution is -0.137. The van der Waals surface area contributed by atoms with Gasteiger partial charge in [-0.2, -0.15) is 18.4 Å². The third-order valence-electron chi connectivity index (χ3n) is 5.41. The van der Waals surface area contributed by atoms with E-state index in [1.165, 1.54) is 6.07 Å². The van der Waals surface area contributed by atoms with Crippen LogP contribution in [0.1, 0.15) is 25.0 Å². The zero-order valence-electron chi connectivity index (χ0n) is 14.2. The topological polar surface area (TPSA) is 93.8 Å². The molecule has 144 valence electrons. The molecule has 0 aromatic heterocycles. The Hall–Kier alpha value is -2.06. The summed E-state index contributed by atoms with van der Waals surface area (Å²) in [4.78, 5) is 13.0. The first-order valence-electron chi connectivity index (χ1n) is 7.98. The van der Waals surface area contributed by atoms with Gasteiger partial charge in [0.2, 0.25) is 0 Å². The molecule has 2 bridgehead atoms. The van der Waals surface area contributed by atoms with Gasteiger partial charge in [-0.1, -0.05) is 12.2 Å². The second-order valence-corrected chi connectivity index (χ2v) is 9.23. The summed E-state index contributed by atoms with van der Waals surface area (Å²) in [5.41, 5.74) is -4.33. The quantitative estimate of drug-likeness (QED) is 0.702. The van der Waals surface area contributed by atoms with Crippen LogP contribution in [0.4, 0.5) is 18.9 Å². The maximum absolute atomic E-state index is 13.3. The minimum Gasteiger partial charge on any atom is -0.358 e. The Balaban J connectivity index is 1.85. The highest BCUT2D eigenvalue weighted by molar-refractivity contribution is 8.27. The van der Waals surface area contributed by atoms with Gasteiger partial charge >= 0.3 is 6.18 Å². The SMILES string of the molecule is C[C@]12C=C[C@](C)(O1)[C@@H]1[C@H]2C(=O)N(c2ccc(C#N)c(C(F)(F)F)c2)S1(O)O. The highest BCUT2D eigenvalue weighted by Gasteiger charge is 2.73. The van der Waals surface area contributed by atoms with Crippen molar-refractivity contribution < 1.29 is 31.8 Å². The summed E-state index contributed by atoms with van der Waals surface area (Å²) in [6, 6.07) is 4.09. The zero-order valence-corrected chi connectivity index (χ0v) is 15.0. The highest BCUT2D eigenvalue weighted by Crippen LogP contribution is 2.70. The molecule has 2 saturated heterocycles. The Morgan fingerprint density at radius 3 is 2.44 bits per heavy atom. The Morgan fingerprint density at radius 1 is 1.26 bits per heavy atom. The number of rotatable bonds is 1. The second-order valence-electron chi connectivity index (χ2n) is 7.23. The van der Waals surface area contributed by atoms with E-state index < -0.39 is 56.4 Å². The van der Waals surface area contributed by atoms with Gasteiger partial charge < -0.3 is 4.74 Å². The fourth-order valence-electron chi connectivity index (χ4n) is 4.34. The molecule has 1 amide bonds. The molecule has 10 heteroatoms. The van der Waals surface area contributed by atoms with E-state index in [0.717, 1.165) is 12.1 Å². The molecule has 0 unspecified atom stereocenters. The van der Waals surface area contributed by atoms with Crippen molar-refractivity contribution in [3.63, 3.8) is 0 Å². The molecule has 0 aliphatic carbocycles. The predicted molar refractivity (Wildman–Crippen MR) is 90.8 cm³/mol. The minimum atomic E-state index is -4.83. The van der Waals surface area contributed by atoms with Gasteiger partial charge in [-0.3, -0.25) is 13.9 Å². The average molecular weight is 400 g/mol. The van der Waals surface area contributed by atoms with Crippen molar-refractivity contribution in [3.8, 4) is 6.07 Å². The molecule has 3 aliphatic heterocycles. The van der Waals surface area contributed by atoms with Crippen LogP contribution in [0.15, 0.2) is 30.4 Å². The molecule has 2 fully saturated rings. The summed E-state index contributed by atoms with van der Waals surface area (Å²) in [5, 5.41) is 7.92. The number of nitrogens with zero attached hydrogens (tertiary/aromatic N) is 2. The van der Waals surface area contributed by atoms with Gasteiger partial charge in [-0.15, -0.1) is 10.8 Å². The number of fused-ring (bicyclic) bond motifs is 5. The van der Waals surface area contributed by atoms with E-state index in [2.05, 4.69) is 0 Å². The summed E-state index contributed by atoms with van der Waals surface area (Å²) in [6.45, 7) is 3.25. The van der Waals surface area contributed by atoms with Crippen LogP contribution in [0.5, 0.6) is 0 Å². The van der Waals surface area contributed by atoms with Crippen molar-refractivity contribution in [2.45, 2.75) is 36.5 Å². The maximum atomic E-state index is 13.3. The van der Waals surface area contributed by atoms with E-state index in [1.54, 1.807) is 26.0 Å².